The highest BCUT2D eigenvalue weighted by Gasteiger charge is 2.18. The smallest absolute Gasteiger partial charge is 0.342 e. The molecule has 1 aromatic heterocycles. The number of pyridine rings is 1. The van der Waals surface area contributed by atoms with Crippen molar-refractivity contribution in [3.63, 3.8) is 0 Å². The fraction of sp³-hybridized carbons (Fsp3) is 0.467. The van der Waals surface area contributed by atoms with E-state index in [-0.39, 0.29) is 29.2 Å². The number of rotatable bonds is 6. The molecule has 1 aromatic rings. The second-order valence-electron chi connectivity index (χ2n) is 5.32. The van der Waals surface area contributed by atoms with E-state index in [0.717, 1.165) is 0 Å². The molecule has 23 heavy (non-hydrogen) atoms. The summed E-state index contributed by atoms with van der Waals surface area (Å²) in [6, 6.07) is 1.68. The summed E-state index contributed by atoms with van der Waals surface area (Å²) < 4.78 is 4.90. The minimum atomic E-state index is -0.734. The number of nitrogens with one attached hydrogen (secondary N) is 2. The molecule has 0 unspecified atom stereocenters. The number of aromatic nitrogens is 1. The molecule has 7 nitrogen and oxygen atoms in total. The lowest BCUT2D eigenvalue weighted by Gasteiger charge is -2.10. The van der Waals surface area contributed by atoms with Gasteiger partial charge in [0.15, 0.2) is 6.61 Å². The quantitative estimate of drug-likeness (QED) is 0.597. The Bertz CT molecular complexity index is 594. The second kappa shape index (κ2) is 8.47. The minimum absolute atomic E-state index is 0.0172. The fourth-order valence-electron chi connectivity index (χ4n) is 1.84. The predicted molar refractivity (Wildman–Crippen MR) is 85.3 cm³/mol. The number of esters is 1. The number of aryl methyl sites for hydroxylation is 2. The van der Waals surface area contributed by atoms with Crippen molar-refractivity contribution in [3.8, 4) is 0 Å². The van der Waals surface area contributed by atoms with Crippen LogP contribution in [0.3, 0.4) is 0 Å². The Morgan fingerprint density at radius 2 is 1.91 bits per heavy atom. The van der Waals surface area contributed by atoms with E-state index in [2.05, 4.69) is 15.6 Å². The zero-order valence-corrected chi connectivity index (χ0v) is 14.3. The summed E-state index contributed by atoms with van der Waals surface area (Å²) in [7, 11) is 0. The van der Waals surface area contributed by atoms with E-state index in [1.165, 1.54) is 0 Å². The topological polar surface area (TPSA) is 97.4 Å². The highest BCUT2D eigenvalue weighted by molar-refractivity contribution is 6.32. The summed E-state index contributed by atoms with van der Waals surface area (Å²) in [5.74, 6) is -1.63. The third-order valence-electron chi connectivity index (χ3n) is 2.73. The maximum atomic E-state index is 12.0. The van der Waals surface area contributed by atoms with E-state index in [1.54, 1.807) is 19.9 Å². The molecular weight excluding hydrogens is 322 g/mol. The van der Waals surface area contributed by atoms with Crippen molar-refractivity contribution in [2.75, 3.05) is 13.2 Å². The Kier molecular flexibility index (Phi) is 6.96. The van der Waals surface area contributed by atoms with Gasteiger partial charge in [0.05, 0.1) is 12.1 Å². The average Bonchev–Trinajstić information content (AvgIpc) is 2.41. The normalized spacial score (nSPS) is 10.3. The molecule has 8 heteroatoms. The lowest BCUT2D eigenvalue weighted by molar-refractivity contribution is -0.128. The monoisotopic (exact) mass is 341 g/mol. The minimum Gasteiger partial charge on any atom is -0.452 e. The van der Waals surface area contributed by atoms with Crippen molar-refractivity contribution >= 4 is 29.4 Å². The van der Waals surface area contributed by atoms with Crippen molar-refractivity contribution in [2.24, 2.45) is 0 Å². The van der Waals surface area contributed by atoms with Gasteiger partial charge in [0, 0.05) is 11.7 Å². The maximum absolute atomic E-state index is 12.0. The van der Waals surface area contributed by atoms with Crippen LogP contribution in [0.4, 0.5) is 0 Å². The van der Waals surface area contributed by atoms with Gasteiger partial charge in [-0.2, -0.15) is 0 Å². The number of hydrogen-bond donors (Lipinski definition) is 2. The van der Waals surface area contributed by atoms with Crippen LogP contribution in [0.5, 0.6) is 0 Å². The first-order valence-electron chi connectivity index (χ1n) is 7.07. The third kappa shape index (κ3) is 6.23. The number of hydrogen-bond acceptors (Lipinski definition) is 5. The van der Waals surface area contributed by atoms with Gasteiger partial charge < -0.3 is 15.4 Å². The van der Waals surface area contributed by atoms with Gasteiger partial charge in [0.25, 0.3) is 5.91 Å². The van der Waals surface area contributed by atoms with Gasteiger partial charge in [-0.15, -0.1) is 0 Å². The van der Waals surface area contributed by atoms with Crippen molar-refractivity contribution in [3.05, 3.63) is 28.0 Å². The molecule has 1 heterocycles. The van der Waals surface area contributed by atoms with Crippen LogP contribution in [0.25, 0.3) is 0 Å². The van der Waals surface area contributed by atoms with E-state index in [9.17, 15) is 14.4 Å². The van der Waals surface area contributed by atoms with E-state index < -0.39 is 18.5 Å². The molecule has 0 radical (unpaired) electrons. The van der Waals surface area contributed by atoms with Gasteiger partial charge in [-0.1, -0.05) is 11.6 Å². The highest BCUT2D eigenvalue weighted by atomic mass is 35.5. The van der Waals surface area contributed by atoms with Gasteiger partial charge in [0.2, 0.25) is 5.91 Å². The Hall–Kier alpha value is -2.15. The molecule has 126 valence electrons. The Labute approximate surface area is 139 Å². The average molecular weight is 342 g/mol. The number of carbonyl (C=O) groups is 3. The van der Waals surface area contributed by atoms with E-state index in [4.69, 9.17) is 16.3 Å². The molecule has 0 bridgehead atoms. The van der Waals surface area contributed by atoms with Crippen molar-refractivity contribution < 1.29 is 19.1 Å². The van der Waals surface area contributed by atoms with Gasteiger partial charge in [-0.3, -0.25) is 9.59 Å². The third-order valence-corrected chi connectivity index (χ3v) is 3.01. The van der Waals surface area contributed by atoms with Crippen molar-refractivity contribution in [1.82, 2.24) is 15.6 Å². The van der Waals surface area contributed by atoms with Crippen molar-refractivity contribution in [2.45, 2.75) is 33.7 Å². The molecule has 0 aliphatic heterocycles. The largest absolute Gasteiger partial charge is 0.452 e. The first kappa shape index (κ1) is 18.9. The van der Waals surface area contributed by atoms with Gasteiger partial charge in [-0.05, 0) is 39.3 Å². The molecule has 2 amide bonds. The molecule has 1 rings (SSSR count). The zero-order chi connectivity index (χ0) is 17.6. The van der Waals surface area contributed by atoms with Crippen LogP contribution in [0.2, 0.25) is 5.15 Å². The fourth-order valence-corrected chi connectivity index (χ4v) is 2.20. The molecular formula is C15H20ClN3O4. The van der Waals surface area contributed by atoms with Crippen LogP contribution >= 0.6 is 11.6 Å². The number of carbonyl (C=O) groups excluding carboxylic acids is 3. The summed E-state index contributed by atoms with van der Waals surface area (Å²) >= 11 is 5.93. The molecule has 0 atom stereocenters. The molecule has 0 aromatic carbocycles. The molecule has 0 aliphatic rings. The zero-order valence-electron chi connectivity index (χ0n) is 13.5. The van der Waals surface area contributed by atoms with E-state index >= 15 is 0 Å². The van der Waals surface area contributed by atoms with Crippen LogP contribution < -0.4 is 10.6 Å². The molecule has 0 fully saturated rings. The Balaban J connectivity index is 2.51. The summed E-state index contributed by atoms with van der Waals surface area (Å²) in [5.41, 5.74) is 1.42. The Morgan fingerprint density at radius 3 is 2.48 bits per heavy atom. The van der Waals surface area contributed by atoms with Crippen LogP contribution in [0, 0.1) is 13.8 Å². The molecule has 0 spiro atoms. The second-order valence-corrected chi connectivity index (χ2v) is 5.68. The van der Waals surface area contributed by atoms with E-state index in [0.29, 0.717) is 11.3 Å². The number of amides is 2. The molecule has 2 N–H and O–H groups in total. The highest BCUT2D eigenvalue weighted by Crippen LogP contribution is 2.19. The van der Waals surface area contributed by atoms with E-state index in [1.807, 2.05) is 13.8 Å². The molecule has 0 saturated heterocycles. The van der Waals surface area contributed by atoms with Gasteiger partial charge in [-0.25, -0.2) is 9.78 Å². The summed E-state index contributed by atoms with van der Waals surface area (Å²) in [6.07, 6.45) is 0. The lowest BCUT2D eigenvalue weighted by Crippen LogP contribution is -2.41. The SMILES string of the molecule is Cc1cc(C)c(C(=O)OCC(=O)NCC(=O)NC(C)C)c(Cl)n1. The van der Waals surface area contributed by atoms with Crippen LogP contribution in [-0.2, 0) is 14.3 Å². The maximum Gasteiger partial charge on any atom is 0.342 e. The molecule has 0 saturated carbocycles. The number of halogens is 1. The predicted octanol–water partition coefficient (Wildman–Crippen LogP) is 1.15. The van der Waals surface area contributed by atoms with Crippen molar-refractivity contribution in [1.29, 1.82) is 0 Å². The standard InChI is InChI=1S/C15H20ClN3O4/c1-8(2)18-11(20)6-17-12(21)7-23-15(22)13-9(3)5-10(4)19-14(13)16/h5,8H,6-7H2,1-4H3,(H,17,21)(H,18,20). The summed E-state index contributed by atoms with van der Waals surface area (Å²) in [5, 5.41) is 5.01. The van der Waals surface area contributed by atoms with Gasteiger partial charge in [0.1, 0.15) is 5.15 Å². The number of ether oxygens (including phenoxy) is 1. The molecule has 0 aliphatic carbocycles. The van der Waals surface area contributed by atoms with Crippen LogP contribution in [0.15, 0.2) is 6.07 Å². The lowest BCUT2D eigenvalue weighted by atomic mass is 10.1. The van der Waals surface area contributed by atoms with Gasteiger partial charge >= 0.3 is 5.97 Å². The first-order chi connectivity index (χ1) is 10.7. The Morgan fingerprint density at radius 1 is 1.26 bits per heavy atom. The first-order valence-corrected chi connectivity index (χ1v) is 7.45. The van der Waals surface area contributed by atoms with Crippen LogP contribution in [-0.4, -0.2) is 42.0 Å². The summed E-state index contributed by atoms with van der Waals surface area (Å²) in [6.45, 7) is 6.39. The summed E-state index contributed by atoms with van der Waals surface area (Å²) in [4.78, 5) is 38.9. The number of nitrogens with zero attached hydrogens (tertiary/aromatic N) is 1. The van der Waals surface area contributed by atoms with Crippen LogP contribution in [0.1, 0.15) is 35.5 Å².